The van der Waals surface area contributed by atoms with Crippen LogP contribution in [0.1, 0.15) is 88.0 Å². The van der Waals surface area contributed by atoms with Gasteiger partial charge in [0.25, 0.3) is 0 Å². The molecule has 0 spiro atoms. The van der Waals surface area contributed by atoms with Crippen molar-refractivity contribution in [2.24, 2.45) is 0 Å². The summed E-state index contributed by atoms with van der Waals surface area (Å²) < 4.78 is 5.67. The quantitative estimate of drug-likeness (QED) is 0.626. The van der Waals surface area contributed by atoms with Crippen molar-refractivity contribution < 1.29 is 19.7 Å². The van der Waals surface area contributed by atoms with E-state index in [9.17, 15) is 15.0 Å². The number of carbonyl (C=O) groups excluding carboxylic acids is 1. The van der Waals surface area contributed by atoms with E-state index >= 15 is 0 Å². The second-order valence-corrected chi connectivity index (χ2v) is 9.99. The molecule has 0 heterocycles. The van der Waals surface area contributed by atoms with Crippen molar-refractivity contribution in [3.63, 3.8) is 0 Å². The number of rotatable bonds is 3. The number of phenols is 2. The average molecular weight is 399 g/mol. The van der Waals surface area contributed by atoms with Crippen LogP contribution in [0.4, 0.5) is 0 Å². The summed E-state index contributed by atoms with van der Waals surface area (Å²) in [5.41, 5.74) is 3.80. The van der Waals surface area contributed by atoms with Gasteiger partial charge in [-0.3, -0.25) is 4.79 Å². The molecule has 2 aromatic carbocycles. The molecule has 2 N–H and O–H groups in total. The molecule has 0 aromatic heterocycles. The number of hydrogen-bond donors (Lipinski definition) is 2. The zero-order valence-electron chi connectivity index (χ0n) is 19.1. The summed E-state index contributed by atoms with van der Waals surface area (Å²) >= 11 is 0. The van der Waals surface area contributed by atoms with E-state index < -0.39 is 12.1 Å². The molecule has 0 saturated carbocycles. The van der Waals surface area contributed by atoms with E-state index in [0.717, 1.165) is 22.3 Å². The molecular weight excluding hydrogens is 364 g/mol. The fourth-order valence-electron chi connectivity index (χ4n) is 3.62. The third-order valence-corrected chi connectivity index (χ3v) is 5.03. The van der Waals surface area contributed by atoms with Crippen molar-refractivity contribution in [3.8, 4) is 11.5 Å². The molecule has 0 aliphatic rings. The molecule has 0 unspecified atom stereocenters. The molecule has 0 atom stereocenters. The Kier molecular flexibility index (Phi) is 6.08. The Balaban J connectivity index is 2.84. The maximum atomic E-state index is 12.0. The molecule has 0 amide bonds. The second-order valence-electron chi connectivity index (χ2n) is 9.99. The van der Waals surface area contributed by atoms with Crippen LogP contribution < -0.4 is 0 Å². The van der Waals surface area contributed by atoms with Gasteiger partial charge in [0.15, 0.2) is 6.10 Å². The Labute approximate surface area is 174 Å². The number of ether oxygens (including phenoxy) is 1. The summed E-state index contributed by atoms with van der Waals surface area (Å²) in [6.45, 7) is 17.4. The zero-order chi connectivity index (χ0) is 22.3. The van der Waals surface area contributed by atoms with Crippen molar-refractivity contribution >= 4 is 5.97 Å². The Bertz CT molecular complexity index is 858. The van der Waals surface area contributed by atoms with Crippen LogP contribution in [0.15, 0.2) is 24.3 Å². The maximum Gasteiger partial charge on any atom is 0.303 e. The molecule has 4 nitrogen and oxygen atoms in total. The van der Waals surface area contributed by atoms with E-state index in [1.54, 1.807) is 0 Å². The molecule has 158 valence electrons. The maximum absolute atomic E-state index is 12.0. The Morgan fingerprint density at radius 1 is 0.793 bits per heavy atom. The number of aromatic hydroxyl groups is 2. The van der Waals surface area contributed by atoms with Crippen LogP contribution in [0.5, 0.6) is 11.5 Å². The topological polar surface area (TPSA) is 66.8 Å². The highest BCUT2D eigenvalue weighted by molar-refractivity contribution is 5.68. The lowest BCUT2D eigenvalue weighted by Crippen LogP contribution is -2.18. The number of carbonyl (C=O) groups is 1. The van der Waals surface area contributed by atoms with E-state index in [1.807, 2.05) is 79.7 Å². The monoisotopic (exact) mass is 398 g/mol. The molecule has 0 bridgehead atoms. The Hall–Kier alpha value is -2.49. The van der Waals surface area contributed by atoms with Crippen LogP contribution in [0.3, 0.4) is 0 Å². The van der Waals surface area contributed by atoms with E-state index in [1.165, 1.54) is 6.92 Å². The van der Waals surface area contributed by atoms with E-state index in [4.69, 9.17) is 4.74 Å². The highest BCUT2D eigenvalue weighted by Crippen LogP contribution is 2.45. The summed E-state index contributed by atoms with van der Waals surface area (Å²) in [4.78, 5) is 12.0. The molecule has 4 heteroatoms. The van der Waals surface area contributed by atoms with Gasteiger partial charge in [-0.2, -0.15) is 0 Å². The van der Waals surface area contributed by atoms with E-state index in [0.29, 0.717) is 11.1 Å². The molecule has 0 aliphatic carbocycles. The first kappa shape index (κ1) is 22.8. The summed E-state index contributed by atoms with van der Waals surface area (Å²) in [7, 11) is 0. The van der Waals surface area contributed by atoms with Crippen LogP contribution in [0.2, 0.25) is 0 Å². The van der Waals surface area contributed by atoms with Gasteiger partial charge in [0.2, 0.25) is 0 Å². The third-order valence-electron chi connectivity index (χ3n) is 5.03. The van der Waals surface area contributed by atoms with Gasteiger partial charge in [-0.25, -0.2) is 0 Å². The summed E-state index contributed by atoms with van der Waals surface area (Å²) in [6, 6.07) is 7.52. The van der Waals surface area contributed by atoms with Crippen molar-refractivity contribution in [3.05, 3.63) is 57.6 Å². The van der Waals surface area contributed by atoms with Gasteiger partial charge in [-0.05, 0) is 47.9 Å². The van der Waals surface area contributed by atoms with Crippen LogP contribution in [-0.2, 0) is 20.4 Å². The summed E-state index contributed by atoms with van der Waals surface area (Å²) in [6.07, 6.45) is -0.908. The van der Waals surface area contributed by atoms with E-state index in [-0.39, 0.29) is 22.3 Å². The van der Waals surface area contributed by atoms with Crippen LogP contribution in [0, 0.1) is 13.8 Å². The third kappa shape index (κ3) is 4.92. The first-order chi connectivity index (χ1) is 13.1. The van der Waals surface area contributed by atoms with Crippen LogP contribution >= 0.6 is 0 Å². The fourth-order valence-corrected chi connectivity index (χ4v) is 3.62. The van der Waals surface area contributed by atoms with Crippen molar-refractivity contribution in [2.75, 3.05) is 0 Å². The number of hydrogen-bond acceptors (Lipinski definition) is 4. The van der Waals surface area contributed by atoms with Crippen LogP contribution in [0.25, 0.3) is 0 Å². The predicted molar refractivity (Wildman–Crippen MR) is 117 cm³/mol. The van der Waals surface area contributed by atoms with Crippen molar-refractivity contribution in [2.45, 2.75) is 79.2 Å². The largest absolute Gasteiger partial charge is 0.507 e. The minimum Gasteiger partial charge on any atom is -0.507 e. The van der Waals surface area contributed by atoms with Crippen LogP contribution in [-0.4, -0.2) is 16.2 Å². The van der Waals surface area contributed by atoms with Gasteiger partial charge in [-0.15, -0.1) is 0 Å². The number of esters is 1. The normalized spacial score (nSPS) is 12.3. The first-order valence-corrected chi connectivity index (χ1v) is 9.98. The zero-order valence-corrected chi connectivity index (χ0v) is 19.1. The highest BCUT2D eigenvalue weighted by Gasteiger charge is 2.31. The molecule has 29 heavy (non-hydrogen) atoms. The van der Waals surface area contributed by atoms with Gasteiger partial charge in [0, 0.05) is 18.1 Å². The lowest BCUT2D eigenvalue weighted by atomic mass is 9.81. The minimum atomic E-state index is -0.908. The Morgan fingerprint density at radius 3 is 1.41 bits per heavy atom. The Morgan fingerprint density at radius 2 is 1.14 bits per heavy atom. The van der Waals surface area contributed by atoms with Gasteiger partial charge in [-0.1, -0.05) is 64.8 Å². The lowest BCUT2D eigenvalue weighted by Gasteiger charge is -2.28. The molecule has 2 rings (SSSR count). The van der Waals surface area contributed by atoms with Crippen molar-refractivity contribution in [1.82, 2.24) is 0 Å². The highest BCUT2D eigenvalue weighted by atomic mass is 16.5. The minimum absolute atomic E-state index is 0.0903. The predicted octanol–water partition coefficient (Wildman–Crippen LogP) is 5.96. The summed E-state index contributed by atoms with van der Waals surface area (Å²) in [5, 5.41) is 22.2. The number of benzene rings is 2. The first-order valence-electron chi connectivity index (χ1n) is 9.98. The van der Waals surface area contributed by atoms with Gasteiger partial charge >= 0.3 is 5.97 Å². The summed E-state index contributed by atoms with van der Waals surface area (Å²) in [5.74, 6) is -0.299. The molecule has 0 fully saturated rings. The standard InChI is InChI=1S/C25H34O4/c1-14-10-17(21(27)19(12-14)24(4,5)6)23(29-16(3)26)18-11-15(2)13-20(22(18)28)25(7,8)9/h10-13,23,27-28H,1-9H3. The fraction of sp³-hybridized carbons (Fsp3) is 0.480. The smallest absolute Gasteiger partial charge is 0.303 e. The molecule has 2 aromatic rings. The van der Waals surface area contributed by atoms with Crippen molar-refractivity contribution in [1.29, 1.82) is 0 Å². The second kappa shape index (κ2) is 7.74. The number of aryl methyl sites for hydroxylation is 2. The SMILES string of the molecule is CC(=O)OC(c1cc(C)cc(C(C)(C)C)c1O)c1cc(C)cc(C(C)(C)C)c1O. The number of phenolic OH excluding ortho intramolecular Hbond substituents is 2. The molecule has 0 aliphatic heterocycles. The van der Waals surface area contributed by atoms with Gasteiger partial charge < -0.3 is 14.9 Å². The molecule has 0 radical (unpaired) electrons. The van der Waals surface area contributed by atoms with Gasteiger partial charge in [0.05, 0.1) is 0 Å². The average Bonchev–Trinajstić information content (AvgIpc) is 2.54. The van der Waals surface area contributed by atoms with E-state index in [2.05, 4.69) is 0 Å². The lowest BCUT2D eigenvalue weighted by molar-refractivity contribution is -0.144. The van der Waals surface area contributed by atoms with Gasteiger partial charge in [0.1, 0.15) is 11.5 Å². The molecular formula is C25H34O4. The molecule has 0 saturated heterocycles.